The zero-order valence-electron chi connectivity index (χ0n) is 17.2. The average molecular weight is 410 g/mol. The largest absolute Gasteiger partial charge is 0.507 e. The molecule has 4 N–H and O–H groups in total. The van der Waals surface area contributed by atoms with Gasteiger partial charge in [0.15, 0.2) is 5.82 Å². The van der Waals surface area contributed by atoms with Crippen LogP contribution in [0.4, 0.5) is 10.2 Å². The second-order valence-electron chi connectivity index (χ2n) is 8.56. The van der Waals surface area contributed by atoms with Gasteiger partial charge in [-0.15, -0.1) is 0 Å². The van der Waals surface area contributed by atoms with E-state index < -0.39 is 11.4 Å². The fourth-order valence-electron chi connectivity index (χ4n) is 3.67. The number of phenolic OH excluding ortho intramolecular Hbond substituents is 1. The molecule has 7 heteroatoms. The summed E-state index contributed by atoms with van der Waals surface area (Å²) in [6.07, 6.45) is 2.31. The Morgan fingerprint density at radius 3 is 2.77 bits per heavy atom. The van der Waals surface area contributed by atoms with Gasteiger partial charge in [0, 0.05) is 18.0 Å². The highest BCUT2D eigenvalue weighted by Crippen LogP contribution is 2.32. The first kappa shape index (κ1) is 20.5. The minimum Gasteiger partial charge on any atom is -0.507 e. The number of hydrogen-bond acceptors (Lipinski definition) is 6. The van der Waals surface area contributed by atoms with Crippen LogP contribution in [0.15, 0.2) is 36.4 Å². The Morgan fingerprint density at radius 1 is 1.20 bits per heavy atom. The lowest BCUT2D eigenvalue weighted by molar-refractivity contribution is 0.0714. The predicted molar refractivity (Wildman–Crippen MR) is 116 cm³/mol. The van der Waals surface area contributed by atoms with E-state index in [9.17, 15) is 14.6 Å². The van der Waals surface area contributed by atoms with Gasteiger partial charge in [0.25, 0.3) is 0 Å². The number of nitrogens with zero attached hydrogens (tertiary/aromatic N) is 2. The molecule has 6 nitrogen and oxygen atoms in total. The lowest BCUT2D eigenvalue weighted by Gasteiger charge is -2.18. The van der Waals surface area contributed by atoms with E-state index in [1.807, 2.05) is 18.2 Å². The van der Waals surface area contributed by atoms with Crippen LogP contribution < -0.4 is 10.6 Å². The molecule has 1 atom stereocenters. The number of aromatic nitrogens is 2. The van der Waals surface area contributed by atoms with Crippen molar-refractivity contribution in [1.82, 2.24) is 15.3 Å². The molecule has 1 aliphatic rings. The molecule has 1 unspecified atom stereocenters. The van der Waals surface area contributed by atoms with Crippen LogP contribution in [0.1, 0.15) is 32.3 Å². The Balaban J connectivity index is 1.79. The van der Waals surface area contributed by atoms with E-state index in [-0.39, 0.29) is 23.2 Å². The van der Waals surface area contributed by atoms with Crippen LogP contribution in [0.25, 0.3) is 22.3 Å². The van der Waals surface area contributed by atoms with Crippen molar-refractivity contribution >= 4 is 16.7 Å². The lowest BCUT2D eigenvalue weighted by Crippen LogP contribution is -2.23. The summed E-state index contributed by atoms with van der Waals surface area (Å²) < 4.78 is 13.8. The lowest BCUT2D eigenvalue weighted by atomic mass is 9.98. The van der Waals surface area contributed by atoms with E-state index in [1.165, 1.54) is 18.2 Å². The summed E-state index contributed by atoms with van der Waals surface area (Å²) in [5.41, 5.74) is 1.27. The summed E-state index contributed by atoms with van der Waals surface area (Å²) in [7, 11) is 0. The summed E-state index contributed by atoms with van der Waals surface area (Å²) >= 11 is 0. The number of rotatable bonds is 6. The third-order valence-corrected chi connectivity index (χ3v) is 5.39. The maximum absolute atomic E-state index is 13.8. The number of aromatic hydroxyl groups is 1. The smallest absolute Gasteiger partial charge is 0.165 e. The predicted octanol–water partition coefficient (Wildman–Crippen LogP) is 3.62. The van der Waals surface area contributed by atoms with Crippen LogP contribution in [0.2, 0.25) is 0 Å². The molecule has 0 bridgehead atoms. The zero-order chi connectivity index (χ0) is 21.3. The number of benzene rings is 2. The first-order valence-electron chi connectivity index (χ1n) is 10.3. The van der Waals surface area contributed by atoms with Gasteiger partial charge in [0.05, 0.1) is 16.7 Å². The Morgan fingerprint density at radius 2 is 2.03 bits per heavy atom. The van der Waals surface area contributed by atoms with Crippen LogP contribution in [0, 0.1) is 5.82 Å². The van der Waals surface area contributed by atoms with E-state index in [4.69, 9.17) is 0 Å². The number of anilines is 1. The molecular weight excluding hydrogens is 383 g/mol. The SMILES string of the molecule is CC(C)(O)CCc1ccc2c(NC3CCNC3)nc(-c3cc(F)ccc3O)nc2c1. The second kappa shape index (κ2) is 8.16. The van der Waals surface area contributed by atoms with Crippen molar-refractivity contribution in [3.63, 3.8) is 0 Å². The van der Waals surface area contributed by atoms with Crippen molar-refractivity contribution < 1.29 is 14.6 Å². The third-order valence-electron chi connectivity index (χ3n) is 5.39. The Hall–Kier alpha value is -2.77. The van der Waals surface area contributed by atoms with E-state index in [0.717, 1.165) is 30.5 Å². The van der Waals surface area contributed by atoms with E-state index in [2.05, 4.69) is 20.6 Å². The molecule has 158 valence electrons. The first-order chi connectivity index (χ1) is 14.3. The maximum Gasteiger partial charge on any atom is 0.165 e. The van der Waals surface area contributed by atoms with Crippen molar-refractivity contribution in [2.24, 2.45) is 0 Å². The van der Waals surface area contributed by atoms with Crippen LogP contribution >= 0.6 is 0 Å². The van der Waals surface area contributed by atoms with E-state index in [0.29, 0.717) is 24.2 Å². The quantitative estimate of drug-likeness (QED) is 0.496. The van der Waals surface area contributed by atoms with Crippen molar-refractivity contribution in [1.29, 1.82) is 0 Å². The van der Waals surface area contributed by atoms with Crippen molar-refractivity contribution in [3.05, 3.63) is 47.8 Å². The average Bonchev–Trinajstić information content (AvgIpc) is 3.20. The normalized spacial score (nSPS) is 16.9. The van der Waals surface area contributed by atoms with Crippen LogP contribution in [-0.2, 0) is 6.42 Å². The summed E-state index contributed by atoms with van der Waals surface area (Å²) in [6, 6.07) is 9.98. The van der Waals surface area contributed by atoms with Gasteiger partial charge in [-0.05, 0) is 75.5 Å². The molecule has 0 spiro atoms. The van der Waals surface area contributed by atoms with Gasteiger partial charge in [-0.2, -0.15) is 0 Å². The Bertz CT molecular complexity index is 1060. The number of halogens is 1. The molecule has 2 aromatic carbocycles. The fraction of sp³-hybridized carbons (Fsp3) is 0.391. The van der Waals surface area contributed by atoms with Crippen LogP contribution in [0.5, 0.6) is 5.75 Å². The topological polar surface area (TPSA) is 90.3 Å². The molecule has 1 fully saturated rings. The van der Waals surface area contributed by atoms with E-state index >= 15 is 0 Å². The molecule has 0 saturated carbocycles. The summed E-state index contributed by atoms with van der Waals surface area (Å²) in [5, 5.41) is 28.0. The Labute approximate surface area is 175 Å². The highest BCUT2D eigenvalue weighted by molar-refractivity contribution is 5.91. The van der Waals surface area contributed by atoms with Crippen molar-refractivity contribution in [2.45, 2.75) is 44.8 Å². The van der Waals surface area contributed by atoms with Gasteiger partial charge in [-0.25, -0.2) is 14.4 Å². The number of aliphatic hydroxyl groups is 1. The number of nitrogens with one attached hydrogen (secondary N) is 2. The van der Waals surface area contributed by atoms with Crippen LogP contribution in [0.3, 0.4) is 0 Å². The van der Waals surface area contributed by atoms with Crippen molar-refractivity contribution in [2.75, 3.05) is 18.4 Å². The Kier molecular flexibility index (Phi) is 5.58. The maximum atomic E-state index is 13.8. The number of phenols is 1. The molecule has 3 aromatic rings. The number of hydrogen-bond donors (Lipinski definition) is 4. The highest BCUT2D eigenvalue weighted by atomic mass is 19.1. The van der Waals surface area contributed by atoms with E-state index in [1.54, 1.807) is 13.8 Å². The molecule has 0 amide bonds. The monoisotopic (exact) mass is 410 g/mol. The summed E-state index contributed by atoms with van der Waals surface area (Å²) in [5.74, 6) is 0.413. The molecule has 1 aromatic heterocycles. The van der Waals surface area contributed by atoms with Gasteiger partial charge >= 0.3 is 0 Å². The van der Waals surface area contributed by atoms with Crippen LogP contribution in [-0.4, -0.2) is 44.9 Å². The molecule has 4 rings (SSSR count). The van der Waals surface area contributed by atoms with Gasteiger partial charge in [0.1, 0.15) is 17.4 Å². The fourth-order valence-corrected chi connectivity index (χ4v) is 3.67. The molecular formula is C23H27FN4O2. The zero-order valence-corrected chi connectivity index (χ0v) is 17.2. The third kappa shape index (κ3) is 4.68. The number of fused-ring (bicyclic) bond motifs is 1. The minimum atomic E-state index is -0.749. The van der Waals surface area contributed by atoms with Crippen molar-refractivity contribution in [3.8, 4) is 17.1 Å². The highest BCUT2D eigenvalue weighted by Gasteiger charge is 2.19. The van der Waals surface area contributed by atoms with Gasteiger partial charge in [0.2, 0.25) is 0 Å². The molecule has 1 aliphatic heterocycles. The first-order valence-corrected chi connectivity index (χ1v) is 10.3. The van der Waals surface area contributed by atoms with Gasteiger partial charge < -0.3 is 20.8 Å². The molecule has 1 saturated heterocycles. The van der Waals surface area contributed by atoms with Gasteiger partial charge in [-0.3, -0.25) is 0 Å². The summed E-state index contributed by atoms with van der Waals surface area (Å²) in [4.78, 5) is 9.27. The van der Waals surface area contributed by atoms with Gasteiger partial charge in [-0.1, -0.05) is 6.07 Å². The summed E-state index contributed by atoms with van der Waals surface area (Å²) in [6.45, 7) is 5.37. The number of aryl methyl sites for hydroxylation is 1. The standard InChI is InChI=1S/C23H27FN4O2/c1-23(2,30)9-7-14-3-5-17-19(11-14)27-22(18-12-15(24)4-6-20(18)29)28-21(17)26-16-8-10-25-13-16/h3-6,11-12,16,25,29-30H,7-10,13H2,1-2H3,(H,26,27,28). The second-order valence-corrected chi connectivity index (χ2v) is 8.56. The molecule has 0 radical (unpaired) electrons. The molecule has 30 heavy (non-hydrogen) atoms. The molecule has 0 aliphatic carbocycles. The minimum absolute atomic E-state index is 0.0672. The molecule has 2 heterocycles.